The zero-order valence-electron chi connectivity index (χ0n) is 24.9. The monoisotopic (exact) mass is 612 g/mol. The van der Waals surface area contributed by atoms with Gasteiger partial charge in [0.1, 0.15) is 0 Å². The predicted molar refractivity (Wildman–Crippen MR) is 164 cm³/mol. The fourth-order valence-corrected chi connectivity index (χ4v) is 4.90. The van der Waals surface area contributed by atoms with E-state index in [-0.39, 0.29) is 35.5 Å². The molecule has 230 valence electrons. The highest BCUT2D eigenvalue weighted by Gasteiger charge is 2.35. The topological polar surface area (TPSA) is 77.2 Å². The summed E-state index contributed by atoms with van der Waals surface area (Å²) in [4.78, 5) is 18.3. The molecule has 0 unspecified atom stereocenters. The molecule has 1 amide bonds. The van der Waals surface area contributed by atoms with Crippen LogP contribution in [0.4, 0.5) is 13.2 Å². The molecule has 7 nitrogen and oxygen atoms in total. The molecule has 0 aliphatic carbocycles. The predicted octanol–water partition coefficient (Wildman–Crippen LogP) is 6.72. The van der Waals surface area contributed by atoms with Gasteiger partial charge in [-0.2, -0.15) is 18.4 Å². The number of nitrogens with zero attached hydrogens (tertiary/aromatic N) is 5. The molecule has 2 aromatic carbocycles. The van der Waals surface area contributed by atoms with Crippen LogP contribution in [-0.2, 0) is 30.5 Å². The Labute approximate surface area is 257 Å². The van der Waals surface area contributed by atoms with Crippen LogP contribution in [0.2, 0.25) is 0 Å². The maximum Gasteiger partial charge on any atom is 0.416 e. The molecule has 0 bridgehead atoms. The van der Waals surface area contributed by atoms with E-state index in [0.717, 1.165) is 30.9 Å². The first kappa shape index (κ1) is 33.7. The Kier molecular flexibility index (Phi) is 12.7. The number of thiocarbonyl (C=S) groups is 1. The van der Waals surface area contributed by atoms with E-state index in [2.05, 4.69) is 23.3 Å². The molecule has 1 N–H and O–H groups in total. The van der Waals surface area contributed by atoms with Crippen LogP contribution in [0.3, 0.4) is 0 Å². The molecule has 0 spiro atoms. The fourth-order valence-electron chi connectivity index (χ4n) is 4.58. The minimum Gasteiger partial charge on any atom is -0.361 e. The summed E-state index contributed by atoms with van der Waals surface area (Å²) in [6, 6.07) is 14.7. The number of benzene rings is 2. The number of amides is 1. The van der Waals surface area contributed by atoms with Crippen LogP contribution >= 0.6 is 12.2 Å². The van der Waals surface area contributed by atoms with Crippen LogP contribution in [0.5, 0.6) is 0 Å². The number of carbonyl (C=O) groups is 1. The Balaban J connectivity index is 1.93. The van der Waals surface area contributed by atoms with Crippen molar-refractivity contribution in [3.05, 3.63) is 89.0 Å². The number of carbonyl (C=O) groups excluding carboxylic acids is 1. The minimum absolute atomic E-state index is 0.0633. The van der Waals surface area contributed by atoms with Crippen molar-refractivity contribution >= 4 is 23.2 Å². The molecule has 0 atom stereocenters. The van der Waals surface area contributed by atoms with Crippen molar-refractivity contribution in [3.63, 3.8) is 0 Å². The summed E-state index contributed by atoms with van der Waals surface area (Å²) >= 11 is 5.72. The zero-order chi connectivity index (χ0) is 31.4. The van der Waals surface area contributed by atoms with Gasteiger partial charge in [0.05, 0.1) is 29.9 Å². The van der Waals surface area contributed by atoms with Crippen LogP contribution in [0.15, 0.2) is 61.1 Å². The number of nitrogens with one attached hydrogen (secondary N) is 1. The van der Waals surface area contributed by atoms with Crippen LogP contribution in [0, 0.1) is 17.2 Å². The third-order valence-electron chi connectivity index (χ3n) is 6.98. The quantitative estimate of drug-likeness (QED) is 0.124. The number of aromatic nitrogens is 2. The van der Waals surface area contributed by atoms with Crippen LogP contribution in [0.25, 0.3) is 0 Å². The molecule has 1 heterocycles. The first-order chi connectivity index (χ1) is 20.5. The maximum atomic E-state index is 14.0. The van der Waals surface area contributed by atoms with Gasteiger partial charge < -0.3 is 9.88 Å². The molecule has 0 radical (unpaired) electrons. The van der Waals surface area contributed by atoms with Gasteiger partial charge in [-0.05, 0) is 60.3 Å². The number of unbranched alkanes of at least 4 members (excludes halogenated alkanes) is 2. The van der Waals surface area contributed by atoms with E-state index in [1.807, 2.05) is 30.5 Å². The summed E-state index contributed by atoms with van der Waals surface area (Å²) < 4.78 is 43.6. The van der Waals surface area contributed by atoms with E-state index in [4.69, 9.17) is 17.5 Å². The van der Waals surface area contributed by atoms with E-state index in [1.54, 1.807) is 35.7 Å². The standard InChI is InChI=1S/C32H39F3N6OS/c1-4-5-8-16-38-31(43)41(40(17-15-24(2)3)22-27-9-6-7-10-29(27)32(33,34)35)30(42)18-28-20-37-23-39(28)21-26-13-11-25(19-36)12-14-26/h6-7,9-14,20,23-24H,4-5,8,15-18,21-22H2,1-3H3,(H,38,43). The van der Waals surface area contributed by atoms with Gasteiger partial charge >= 0.3 is 6.18 Å². The summed E-state index contributed by atoms with van der Waals surface area (Å²) in [5, 5.41) is 15.4. The lowest BCUT2D eigenvalue weighted by molar-refractivity contribution is -0.141. The van der Waals surface area contributed by atoms with E-state index < -0.39 is 11.7 Å². The number of hydrogen-bond donors (Lipinski definition) is 1. The third kappa shape index (κ3) is 10.2. The van der Waals surface area contributed by atoms with Crippen molar-refractivity contribution < 1.29 is 18.0 Å². The first-order valence-corrected chi connectivity index (χ1v) is 14.9. The summed E-state index contributed by atoms with van der Waals surface area (Å²) in [5.74, 6) is -0.125. The van der Waals surface area contributed by atoms with Gasteiger partial charge in [0.25, 0.3) is 0 Å². The lowest BCUT2D eigenvalue weighted by Crippen LogP contribution is -2.54. The Hall–Kier alpha value is -3.75. The number of rotatable bonds is 14. The maximum absolute atomic E-state index is 14.0. The SMILES string of the molecule is CCCCCNC(=S)N(C(=O)Cc1cncn1Cc1ccc(C#N)cc1)N(CCC(C)C)Cc1ccccc1C(F)(F)F. The fraction of sp³-hybridized carbons (Fsp3) is 0.438. The van der Waals surface area contributed by atoms with Crippen molar-refractivity contribution in [2.75, 3.05) is 13.1 Å². The van der Waals surface area contributed by atoms with Crippen LogP contribution in [0.1, 0.15) is 74.4 Å². The Bertz CT molecular complexity index is 1380. The number of nitriles is 1. The summed E-state index contributed by atoms with van der Waals surface area (Å²) in [7, 11) is 0. The van der Waals surface area contributed by atoms with Gasteiger partial charge in [0.15, 0.2) is 5.11 Å². The summed E-state index contributed by atoms with van der Waals surface area (Å²) in [5.41, 5.74) is 1.44. The first-order valence-electron chi connectivity index (χ1n) is 14.5. The van der Waals surface area contributed by atoms with Crippen molar-refractivity contribution in [1.29, 1.82) is 5.26 Å². The van der Waals surface area contributed by atoms with Crippen molar-refractivity contribution in [2.45, 2.75) is 72.1 Å². The zero-order valence-corrected chi connectivity index (χ0v) is 25.7. The molecule has 0 saturated heterocycles. The van der Waals surface area contributed by atoms with Crippen LogP contribution in [-0.4, -0.2) is 43.7 Å². The Morgan fingerprint density at radius 1 is 1.14 bits per heavy atom. The Morgan fingerprint density at radius 3 is 2.51 bits per heavy atom. The second-order valence-corrected chi connectivity index (χ2v) is 11.3. The van der Waals surface area contributed by atoms with Gasteiger partial charge in [0.2, 0.25) is 5.91 Å². The summed E-state index contributed by atoms with van der Waals surface area (Å²) in [6.07, 6.45) is 2.12. The average Bonchev–Trinajstić information content (AvgIpc) is 3.40. The van der Waals surface area contributed by atoms with Gasteiger partial charge in [-0.3, -0.25) is 4.79 Å². The van der Waals surface area contributed by atoms with Gasteiger partial charge in [-0.1, -0.05) is 63.9 Å². The molecule has 11 heteroatoms. The number of hydrazine groups is 1. The number of alkyl halides is 3. The van der Waals surface area contributed by atoms with E-state index in [0.29, 0.717) is 37.3 Å². The highest BCUT2D eigenvalue weighted by Crippen LogP contribution is 2.32. The second-order valence-electron chi connectivity index (χ2n) is 10.9. The number of hydrogen-bond acceptors (Lipinski definition) is 5. The molecule has 3 aromatic rings. The summed E-state index contributed by atoms with van der Waals surface area (Å²) in [6.45, 7) is 7.30. The molecule has 43 heavy (non-hydrogen) atoms. The smallest absolute Gasteiger partial charge is 0.361 e. The van der Waals surface area contributed by atoms with E-state index >= 15 is 0 Å². The molecule has 1 aromatic heterocycles. The lowest BCUT2D eigenvalue weighted by Gasteiger charge is -2.36. The second kappa shape index (κ2) is 16.2. The normalized spacial score (nSPS) is 11.5. The van der Waals surface area contributed by atoms with E-state index in [1.165, 1.54) is 17.1 Å². The molecule has 0 aliphatic rings. The average molecular weight is 613 g/mol. The minimum atomic E-state index is -4.54. The number of halogens is 3. The van der Waals surface area contributed by atoms with Gasteiger partial charge in [-0.25, -0.2) is 15.0 Å². The molecule has 0 saturated carbocycles. The van der Waals surface area contributed by atoms with Crippen molar-refractivity contribution in [3.8, 4) is 6.07 Å². The highest BCUT2D eigenvalue weighted by molar-refractivity contribution is 7.80. The van der Waals surface area contributed by atoms with Gasteiger partial charge in [-0.15, -0.1) is 0 Å². The molecule has 0 fully saturated rings. The Morgan fingerprint density at radius 2 is 1.86 bits per heavy atom. The highest BCUT2D eigenvalue weighted by atomic mass is 32.1. The lowest BCUT2D eigenvalue weighted by atomic mass is 10.1. The molecule has 3 rings (SSSR count). The van der Waals surface area contributed by atoms with Crippen molar-refractivity contribution in [2.24, 2.45) is 5.92 Å². The van der Waals surface area contributed by atoms with Crippen molar-refractivity contribution in [1.82, 2.24) is 24.9 Å². The largest absolute Gasteiger partial charge is 0.416 e. The number of imidazole rings is 1. The van der Waals surface area contributed by atoms with Crippen LogP contribution < -0.4 is 5.32 Å². The van der Waals surface area contributed by atoms with Gasteiger partial charge in [0, 0.05) is 38.1 Å². The third-order valence-corrected chi connectivity index (χ3v) is 7.29. The molecular formula is C32H39F3N6OS. The molecule has 0 aliphatic heterocycles. The van der Waals surface area contributed by atoms with E-state index in [9.17, 15) is 18.0 Å². The molecular weight excluding hydrogens is 573 g/mol.